The lowest BCUT2D eigenvalue weighted by Crippen LogP contribution is -2.32. The first-order valence-electron chi connectivity index (χ1n) is 7.26. The predicted molar refractivity (Wildman–Crippen MR) is 85.8 cm³/mol. The van der Waals surface area contributed by atoms with E-state index < -0.39 is 23.9 Å². The Labute approximate surface area is 138 Å². The molecule has 1 amide bonds. The monoisotopic (exact) mass is 328 g/mol. The van der Waals surface area contributed by atoms with Crippen LogP contribution in [0.15, 0.2) is 48.8 Å². The molecule has 0 saturated heterocycles. The van der Waals surface area contributed by atoms with Crippen LogP contribution in [0.1, 0.15) is 34.1 Å². The van der Waals surface area contributed by atoms with Gasteiger partial charge < -0.3 is 15.2 Å². The SMILES string of the molecule is CCC(OC(=O)c1ccncc1)C(=O)Nc1ccc(C(=O)O)cc1. The van der Waals surface area contributed by atoms with Crippen molar-refractivity contribution >= 4 is 23.5 Å². The van der Waals surface area contributed by atoms with E-state index in [1.54, 1.807) is 6.92 Å². The number of aromatic nitrogens is 1. The van der Waals surface area contributed by atoms with Gasteiger partial charge in [-0.25, -0.2) is 9.59 Å². The molecular formula is C17H16N2O5. The van der Waals surface area contributed by atoms with Gasteiger partial charge in [0, 0.05) is 18.1 Å². The summed E-state index contributed by atoms with van der Waals surface area (Å²) >= 11 is 0. The maximum atomic E-state index is 12.2. The van der Waals surface area contributed by atoms with E-state index in [4.69, 9.17) is 9.84 Å². The number of carbonyl (C=O) groups is 3. The van der Waals surface area contributed by atoms with E-state index in [0.29, 0.717) is 17.7 Å². The van der Waals surface area contributed by atoms with Crippen molar-refractivity contribution in [1.29, 1.82) is 0 Å². The zero-order valence-corrected chi connectivity index (χ0v) is 12.9. The lowest BCUT2D eigenvalue weighted by atomic mass is 10.2. The van der Waals surface area contributed by atoms with E-state index in [2.05, 4.69) is 10.3 Å². The summed E-state index contributed by atoms with van der Waals surface area (Å²) in [6.07, 6.45) is 2.27. The van der Waals surface area contributed by atoms with Gasteiger partial charge in [0.2, 0.25) is 0 Å². The van der Waals surface area contributed by atoms with Gasteiger partial charge in [0.25, 0.3) is 5.91 Å². The number of ether oxygens (including phenoxy) is 1. The van der Waals surface area contributed by atoms with Crippen LogP contribution in [-0.4, -0.2) is 34.0 Å². The largest absolute Gasteiger partial charge is 0.478 e. The van der Waals surface area contributed by atoms with Gasteiger partial charge in [-0.05, 0) is 42.8 Å². The smallest absolute Gasteiger partial charge is 0.339 e. The van der Waals surface area contributed by atoms with Crippen LogP contribution >= 0.6 is 0 Å². The van der Waals surface area contributed by atoms with Crippen LogP contribution in [0.2, 0.25) is 0 Å². The maximum Gasteiger partial charge on any atom is 0.339 e. The van der Waals surface area contributed by atoms with Crippen LogP contribution in [-0.2, 0) is 9.53 Å². The Morgan fingerprint density at radius 2 is 1.71 bits per heavy atom. The zero-order valence-electron chi connectivity index (χ0n) is 12.9. The Hall–Kier alpha value is -3.22. The van der Waals surface area contributed by atoms with Gasteiger partial charge in [0.15, 0.2) is 6.10 Å². The van der Waals surface area contributed by atoms with Crippen molar-refractivity contribution in [2.75, 3.05) is 5.32 Å². The number of pyridine rings is 1. The van der Waals surface area contributed by atoms with Gasteiger partial charge in [-0.2, -0.15) is 0 Å². The van der Waals surface area contributed by atoms with E-state index >= 15 is 0 Å². The number of hydrogen-bond acceptors (Lipinski definition) is 5. The number of hydrogen-bond donors (Lipinski definition) is 2. The molecule has 7 heteroatoms. The van der Waals surface area contributed by atoms with Crippen LogP contribution in [0, 0.1) is 0 Å². The lowest BCUT2D eigenvalue weighted by molar-refractivity contribution is -0.124. The number of amides is 1. The molecule has 24 heavy (non-hydrogen) atoms. The second kappa shape index (κ2) is 7.87. The molecule has 2 aromatic rings. The molecule has 124 valence electrons. The Morgan fingerprint density at radius 1 is 1.08 bits per heavy atom. The fourth-order valence-electron chi connectivity index (χ4n) is 1.93. The highest BCUT2D eigenvalue weighted by atomic mass is 16.5. The van der Waals surface area contributed by atoms with Gasteiger partial charge in [0.1, 0.15) is 0 Å². The average molecular weight is 328 g/mol. The van der Waals surface area contributed by atoms with Crippen LogP contribution in [0.3, 0.4) is 0 Å². The van der Waals surface area contributed by atoms with Crippen molar-refractivity contribution in [3.8, 4) is 0 Å². The normalized spacial score (nSPS) is 11.4. The summed E-state index contributed by atoms with van der Waals surface area (Å²) in [5, 5.41) is 11.4. The van der Waals surface area contributed by atoms with Gasteiger partial charge >= 0.3 is 11.9 Å². The number of carboxylic acid groups (broad SMARTS) is 1. The van der Waals surface area contributed by atoms with E-state index in [1.807, 2.05) is 0 Å². The van der Waals surface area contributed by atoms with Crippen molar-refractivity contribution in [3.05, 3.63) is 59.9 Å². The topological polar surface area (TPSA) is 106 Å². The van der Waals surface area contributed by atoms with Gasteiger partial charge in [-0.3, -0.25) is 9.78 Å². The number of carboxylic acids is 1. The van der Waals surface area contributed by atoms with Crippen molar-refractivity contribution in [3.63, 3.8) is 0 Å². The molecule has 0 saturated carbocycles. The third kappa shape index (κ3) is 4.39. The van der Waals surface area contributed by atoms with Crippen LogP contribution in [0.25, 0.3) is 0 Å². The van der Waals surface area contributed by atoms with Crippen molar-refractivity contribution in [1.82, 2.24) is 4.98 Å². The van der Waals surface area contributed by atoms with E-state index in [1.165, 1.54) is 48.8 Å². The number of anilines is 1. The van der Waals surface area contributed by atoms with Crippen molar-refractivity contribution in [2.24, 2.45) is 0 Å². The second-order valence-electron chi connectivity index (χ2n) is 4.91. The van der Waals surface area contributed by atoms with E-state index in [-0.39, 0.29) is 5.56 Å². The minimum absolute atomic E-state index is 0.115. The van der Waals surface area contributed by atoms with Gasteiger partial charge in [-0.1, -0.05) is 6.92 Å². The number of carbonyl (C=O) groups excluding carboxylic acids is 2. The summed E-state index contributed by atoms with van der Waals surface area (Å²) in [4.78, 5) is 38.8. The standard InChI is InChI=1S/C17H16N2O5/c1-2-14(24-17(23)12-7-9-18-10-8-12)15(20)19-13-5-3-11(4-6-13)16(21)22/h3-10,14H,2H2,1H3,(H,19,20)(H,21,22). The number of nitrogens with one attached hydrogen (secondary N) is 1. The third-order valence-electron chi connectivity index (χ3n) is 3.23. The molecule has 2 N–H and O–H groups in total. The van der Waals surface area contributed by atoms with E-state index in [0.717, 1.165) is 0 Å². The van der Waals surface area contributed by atoms with Gasteiger partial charge in [0.05, 0.1) is 11.1 Å². The average Bonchev–Trinajstić information content (AvgIpc) is 2.60. The zero-order chi connectivity index (χ0) is 17.5. The highest BCUT2D eigenvalue weighted by Gasteiger charge is 2.22. The lowest BCUT2D eigenvalue weighted by Gasteiger charge is -2.16. The van der Waals surface area contributed by atoms with E-state index in [9.17, 15) is 14.4 Å². The fourth-order valence-corrected chi connectivity index (χ4v) is 1.93. The summed E-state index contributed by atoms with van der Waals surface area (Å²) in [6.45, 7) is 1.72. The minimum Gasteiger partial charge on any atom is -0.478 e. The molecule has 1 aromatic carbocycles. The number of benzene rings is 1. The number of rotatable bonds is 6. The first-order chi connectivity index (χ1) is 11.5. The van der Waals surface area contributed by atoms with Crippen LogP contribution in [0.4, 0.5) is 5.69 Å². The number of aromatic carboxylic acids is 1. The van der Waals surface area contributed by atoms with Crippen LogP contribution < -0.4 is 5.32 Å². The summed E-state index contributed by atoms with van der Waals surface area (Å²) < 4.78 is 5.21. The molecule has 1 aromatic heterocycles. The quantitative estimate of drug-likeness (QED) is 0.789. The summed E-state index contributed by atoms with van der Waals surface area (Å²) in [6, 6.07) is 8.69. The molecule has 0 spiro atoms. The first-order valence-corrected chi connectivity index (χ1v) is 7.26. The minimum atomic E-state index is -1.05. The van der Waals surface area contributed by atoms with Crippen molar-refractivity contribution < 1.29 is 24.2 Å². The Balaban J connectivity index is 2.00. The molecule has 1 heterocycles. The van der Waals surface area contributed by atoms with Crippen molar-refractivity contribution in [2.45, 2.75) is 19.4 Å². The molecule has 0 aliphatic rings. The molecule has 0 aliphatic carbocycles. The van der Waals surface area contributed by atoms with Crippen LogP contribution in [0.5, 0.6) is 0 Å². The fraction of sp³-hybridized carbons (Fsp3) is 0.176. The highest BCUT2D eigenvalue weighted by molar-refractivity contribution is 5.98. The summed E-state index contributed by atoms with van der Waals surface area (Å²) in [7, 11) is 0. The second-order valence-corrected chi connectivity index (χ2v) is 4.91. The molecule has 0 aliphatic heterocycles. The summed E-state index contributed by atoms with van der Waals surface area (Å²) in [5.41, 5.74) is 0.842. The Kier molecular flexibility index (Phi) is 5.62. The van der Waals surface area contributed by atoms with Gasteiger partial charge in [-0.15, -0.1) is 0 Å². The number of nitrogens with zero attached hydrogens (tertiary/aromatic N) is 1. The maximum absolute atomic E-state index is 12.2. The molecule has 2 rings (SSSR count). The molecule has 1 unspecified atom stereocenters. The highest BCUT2D eigenvalue weighted by Crippen LogP contribution is 2.12. The molecule has 7 nitrogen and oxygen atoms in total. The summed E-state index contributed by atoms with van der Waals surface area (Å²) in [5.74, 6) is -2.14. The molecule has 0 bridgehead atoms. The first kappa shape index (κ1) is 17.1. The molecule has 0 fully saturated rings. The molecule has 0 radical (unpaired) electrons. The Morgan fingerprint density at radius 3 is 2.25 bits per heavy atom. The predicted octanol–water partition coefficient (Wildman–Crippen LogP) is 2.35. The molecule has 1 atom stereocenters. The Bertz CT molecular complexity index is 728. The third-order valence-corrected chi connectivity index (χ3v) is 3.23. The molecular weight excluding hydrogens is 312 g/mol. The number of esters is 1.